The van der Waals surface area contributed by atoms with E-state index in [4.69, 9.17) is 9.15 Å². The quantitative estimate of drug-likeness (QED) is 0.715. The molecule has 0 aliphatic carbocycles. The van der Waals surface area contributed by atoms with Gasteiger partial charge in [-0.25, -0.2) is 17.6 Å². The molecular weight excluding hydrogens is 401 g/mol. The van der Waals surface area contributed by atoms with Crippen molar-refractivity contribution in [3.8, 4) is 0 Å². The first-order valence-electron chi connectivity index (χ1n) is 9.21. The summed E-state index contributed by atoms with van der Waals surface area (Å²) in [6.07, 6.45) is -0.0148. The van der Waals surface area contributed by atoms with Crippen molar-refractivity contribution in [2.24, 2.45) is 5.92 Å². The van der Waals surface area contributed by atoms with Crippen LogP contribution in [0.25, 0.3) is 0 Å². The number of nitrogens with one attached hydrogen (secondary N) is 1. The third-order valence-corrected chi connectivity index (χ3v) is 5.50. The van der Waals surface area contributed by atoms with Crippen LogP contribution < -0.4 is 5.32 Å². The van der Waals surface area contributed by atoms with Crippen LogP contribution in [0.1, 0.15) is 58.5 Å². The molecule has 1 aromatic heterocycles. The number of rotatable bonds is 7. The molecule has 0 radical (unpaired) electrons. The van der Waals surface area contributed by atoms with E-state index < -0.39 is 44.4 Å². The van der Waals surface area contributed by atoms with Crippen molar-refractivity contribution in [3.05, 3.63) is 41.5 Å². The number of ether oxygens (including phenoxy) is 1. The molecule has 160 valence electrons. The van der Waals surface area contributed by atoms with Crippen LogP contribution in [0.15, 0.2) is 33.9 Å². The lowest BCUT2D eigenvalue weighted by atomic mass is 9.99. The summed E-state index contributed by atoms with van der Waals surface area (Å²) in [5, 5.41) is 9.53. The molecule has 2 atom stereocenters. The topological polar surface area (TPSA) is 111 Å². The summed E-state index contributed by atoms with van der Waals surface area (Å²) in [5.74, 6) is -1.19. The Bertz CT molecular complexity index is 953. The van der Waals surface area contributed by atoms with E-state index >= 15 is 0 Å². The number of amides is 1. The van der Waals surface area contributed by atoms with Gasteiger partial charge in [0.25, 0.3) is 0 Å². The number of aromatic nitrogens is 2. The van der Waals surface area contributed by atoms with E-state index in [0.717, 1.165) is 6.07 Å². The number of carbonyl (C=O) groups excluding carboxylic acids is 1. The molecule has 0 saturated heterocycles. The second-order valence-electron chi connectivity index (χ2n) is 7.80. The van der Waals surface area contributed by atoms with Crippen molar-refractivity contribution in [2.45, 2.75) is 63.7 Å². The molecule has 8 nitrogen and oxygen atoms in total. The minimum atomic E-state index is -3.98. The standard InChI is InChI=1S/C19H26FN3O5S/c1-6-12(2)15(21-17(24)28-19(3,4)5)16-22-23-18(27-16)29(25,26)11-13-8-7-9-14(20)10-13/h7-10,12,15H,6,11H2,1-5H3,(H,21,24)/t12-,15+/m1/s1. The number of halogens is 1. The predicted molar refractivity (Wildman–Crippen MR) is 103 cm³/mol. The van der Waals surface area contributed by atoms with Gasteiger partial charge in [-0.2, -0.15) is 0 Å². The molecule has 2 rings (SSSR count). The summed E-state index contributed by atoms with van der Waals surface area (Å²) in [5.41, 5.74) is -0.437. The van der Waals surface area contributed by atoms with Gasteiger partial charge in [-0.15, -0.1) is 5.10 Å². The number of nitrogens with zero attached hydrogens (tertiary/aromatic N) is 2. The number of benzene rings is 1. The molecule has 0 saturated carbocycles. The summed E-state index contributed by atoms with van der Waals surface area (Å²) in [6, 6.07) is 4.54. The van der Waals surface area contributed by atoms with Gasteiger partial charge >= 0.3 is 11.3 Å². The lowest BCUT2D eigenvalue weighted by Crippen LogP contribution is -2.37. The molecule has 1 aromatic carbocycles. The van der Waals surface area contributed by atoms with Crippen LogP contribution >= 0.6 is 0 Å². The second-order valence-corrected chi connectivity index (χ2v) is 9.67. The minimum absolute atomic E-state index is 0.0389. The Labute approximate surface area is 169 Å². The SMILES string of the molecule is CC[C@@H](C)[C@H](NC(=O)OC(C)(C)C)c1nnc(S(=O)(=O)Cc2cccc(F)c2)o1. The molecule has 1 N–H and O–H groups in total. The molecule has 1 amide bonds. The van der Waals surface area contributed by atoms with Crippen molar-refractivity contribution >= 4 is 15.9 Å². The summed E-state index contributed by atoms with van der Waals surface area (Å²) in [6.45, 7) is 8.96. The van der Waals surface area contributed by atoms with Crippen LogP contribution in [0.3, 0.4) is 0 Å². The van der Waals surface area contributed by atoms with E-state index in [1.165, 1.54) is 18.2 Å². The molecule has 2 aromatic rings. The molecular formula is C19H26FN3O5S. The summed E-state index contributed by atoms with van der Waals surface area (Å²) >= 11 is 0. The van der Waals surface area contributed by atoms with E-state index in [-0.39, 0.29) is 17.4 Å². The molecule has 0 aliphatic rings. The maximum Gasteiger partial charge on any atom is 0.408 e. The van der Waals surface area contributed by atoms with Gasteiger partial charge in [0.2, 0.25) is 15.7 Å². The zero-order chi connectivity index (χ0) is 21.8. The van der Waals surface area contributed by atoms with Crippen LogP contribution in [-0.4, -0.2) is 30.3 Å². The fourth-order valence-electron chi connectivity index (χ4n) is 2.50. The van der Waals surface area contributed by atoms with Gasteiger partial charge in [0.15, 0.2) is 0 Å². The molecule has 0 bridgehead atoms. The van der Waals surface area contributed by atoms with Gasteiger partial charge in [-0.1, -0.05) is 37.5 Å². The van der Waals surface area contributed by atoms with E-state index in [9.17, 15) is 17.6 Å². The van der Waals surface area contributed by atoms with Gasteiger partial charge in [0.1, 0.15) is 17.5 Å². The highest BCUT2D eigenvalue weighted by Crippen LogP contribution is 2.26. The fraction of sp³-hybridized carbons (Fsp3) is 0.526. The predicted octanol–water partition coefficient (Wildman–Crippen LogP) is 3.79. The monoisotopic (exact) mass is 427 g/mol. The Morgan fingerprint density at radius 3 is 2.59 bits per heavy atom. The van der Waals surface area contributed by atoms with Crippen molar-refractivity contribution in [1.82, 2.24) is 15.5 Å². The summed E-state index contributed by atoms with van der Waals surface area (Å²) in [7, 11) is -3.98. The Kier molecular flexibility index (Phi) is 6.99. The Hall–Kier alpha value is -2.49. The third-order valence-electron chi connectivity index (χ3n) is 4.09. The molecule has 0 aliphatic heterocycles. The molecule has 0 unspecified atom stereocenters. The Morgan fingerprint density at radius 1 is 1.31 bits per heavy atom. The second kappa shape index (κ2) is 8.89. The fourth-order valence-corrected chi connectivity index (χ4v) is 3.62. The first-order valence-corrected chi connectivity index (χ1v) is 10.9. The largest absolute Gasteiger partial charge is 0.444 e. The van der Waals surface area contributed by atoms with Crippen molar-refractivity contribution in [3.63, 3.8) is 0 Å². The number of alkyl carbamates (subject to hydrolysis) is 1. The van der Waals surface area contributed by atoms with E-state index in [2.05, 4.69) is 15.5 Å². The van der Waals surface area contributed by atoms with Crippen LogP contribution in [0.4, 0.5) is 9.18 Å². The van der Waals surface area contributed by atoms with Crippen LogP contribution in [0.2, 0.25) is 0 Å². The Morgan fingerprint density at radius 2 is 2.00 bits per heavy atom. The highest BCUT2D eigenvalue weighted by atomic mass is 32.2. The lowest BCUT2D eigenvalue weighted by Gasteiger charge is -2.24. The number of hydrogen-bond acceptors (Lipinski definition) is 7. The highest BCUT2D eigenvalue weighted by Gasteiger charge is 2.31. The van der Waals surface area contributed by atoms with Crippen LogP contribution in [0, 0.1) is 11.7 Å². The van der Waals surface area contributed by atoms with E-state index in [1.807, 2.05) is 13.8 Å². The molecule has 10 heteroatoms. The molecule has 1 heterocycles. The smallest absolute Gasteiger partial charge is 0.408 e. The van der Waals surface area contributed by atoms with Gasteiger partial charge in [0, 0.05) is 0 Å². The van der Waals surface area contributed by atoms with Gasteiger partial charge in [-0.3, -0.25) is 0 Å². The van der Waals surface area contributed by atoms with Crippen molar-refractivity contribution in [1.29, 1.82) is 0 Å². The van der Waals surface area contributed by atoms with Crippen molar-refractivity contribution < 1.29 is 26.8 Å². The van der Waals surface area contributed by atoms with Gasteiger partial charge < -0.3 is 14.5 Å². The maximum atomic E-state index is 13.3. The zero-order valence-electron chi connectivity index (χ0n) is 17.1. The van der Waals surface area contributed by atoms with Gasteiger partial charge in [0.05, 0.1) is 5.75 Å². The number of hydrogen-bond donors (Lipinski definition) is 1. The average Bonchev–Trinajstić information content (AvgIpc) is 3.08. The van der Waals surface area contributed by atoms with Crippen LogP contribution in [-0.2, 0) is 20.3 Å². The summed E-state index contributed by atoms with van der Waals surface area (Å²) in [4.78, 5) is 12.2. The summed E-state index contributed by atoms with van der Waals surface area (Å²) < 4.78 is 49.1. The minimum Gasteiger partial charge on any atom is -0.444 e. The number of sulfone groups is 1. The van der Waals surface area contributed by atoms with E-state index in [1.54, 1.807) is 20.8 Å². The van der Waals surface area contributed by atoms with Gasteiger partial charge in [-0.05, 0) is 44.4 Å². The van der Waals surface area contributed by atoms with Crippen LogP contribution in [0.5, 0.6) is 0 Å². The first kappa shape index (κ1) is 22.8. The number of carbonyl (C=O) groups is 1. The van der Waals surface area contributed by atoms with Crippen molar-refractivity contribution in [2.75, 3.05) is 0 Å². The lowest BCUT2D eigenvalue weighted by molar-refractivity contribution is 0.0473. The zero-order valence-corrected chi connectivity index (χ0v) is 17.9. The van der Waals surface area contributed by atoms with E-state index in [0.29, 0.717) is 6.42 Å². The average molecular weight is 427 g/mol. The molecule has 0 fully saturated rings. The third kappa shape index (κ3) is 6.52. The highest BCUT2D eigenvalue weighted by molar-refractivity contribution is 7.90. The molecule has 0 spiro atoms. The molecule has 29 heavy (non-hydrogen) atoms. The Balaban J connectivity index is 2.24. The normalized spacial score (nSPS) is 14.3. The first-order chi connectivity index (χ1) is 13.4. The maximum absolute atomic E-state index is 13.3.